The number of carbonyl (C=O) groups is 3. The normalized spacial score (nSPS) is 11.1. The molecule has 12 heteroatoms. The van der Waals surface area contributed by atoms with Crippen LogP contribution in [0.1, 0.15) is 27.0 Å². The van der Waals surface area contributed by atoms with Gasteiger partial charge in [0.2, 0.25) is 6.41 Å². The number of benzene rings is 2. The second kappa shape index (κ2) is 10.2. The van der Waals surface area contributed by atoms with Crippen LogP contribution in [0, 0.1) is 19.7 Å². The topological polar surface area (TPSA) is 127 Å². The predicted molar refractivity (Wildman–Crippen MR) is 132 cm³/mol. The van der Waals surface area contributed by atoms with Crippen molar-refractivity contribution in [2.24, 2.45) is 12.8 Å². The first kappa shape index (κ1) is 27.0. The molecule has 2 aromatic carbocycles. The molecular weight excluding hydrogens is 491 g/mol. The van der Waals surface area contributed by atoms with Crippen molar-refractivity contribution >= 4 is 41.1 Å². The number of anilines is 4. The first-order valence-electron chi connectivity index (χ1n) is 10.9. The highest BCUT2D eigenvalue weighted by Gasteiger charge is 2.39. The van der Waals surface area contributed by atoms with Gasteiger partial charge in [-0.15, -0.1) is 0 Å². The van der Waals surface area contributed by atoms with Crippen LogP contribution in [0.3, 0.4) is 0 Å². The number of alkyl halides is 2. The Bertz CT molecular complexity index is 1470. The largest absolute Gasteiger partial charge is 0.364 e. The molecule has 1 heterocycles. The summed E-state index contributed by atoms with van der Waals surface area (Å²) in [6.45, 7) is 3.09. The van der Waals surface area contributed by atoms with Crippen LogP contribution in [0.2, 0.25) is 0 Å². The molecule has 4 N–H and O–H groups in total. The van der Waals surface area contributed by atoms with Gasteiger partial charge in [-0.25, -0.2) is 4.39 Å². The van der Waals surface area contributed by atoms with Crippen molar-refractivity contribution in [2.45, 2.75) is 19.8 Å². The number of nitrogens with one attached hydrogen (secondary N) is 2. The van der Waals surface area contributed by atoms with Crippen molar-refractivity contribution < 1.29 is 27.6 Å². The summed E-state index contributed by atoms with van der Waals surface area (Å²) in [6.07, 6.45) is 0.217. The Balaban J connectivity index is 2.34. The number of hydrogen-bond donors (Lipinski definition) is 3. The van der Waals surface area contributed by atoms with E-state index in [4.69, 9.17) is 5.73 Å². The number of nitrogens with two attached hydrogens (primary N) is 1. The van der Waals surface area contributed by atoms with Gasteiger partial charge in [-0.3, -0.25) is 28.6 Å². The van der Waals surface area contributed by atoms with E-state index in [1.165, 1.54) is 39.2 Å². The Morgan fingerprint density at radius 1 is 1.14 bits per heavy atom. The Morgan fingerprint density at radius 2 is 1.81 bits per heavy atom. The predicted octanol–water partition coefficient (Wildman–Crippen LogP) is 3.12. The minimum Gasteiger partial charge on any atom is -0.364 e. The summed E-state index contributed by atoms with van der Waals surface area (Å²) in [7, 11) is 2.59. The fraction of sp³-hybridized carbons (Fsp3) is 0.200. The van der Waals surface area contributed by atoms with E-state index in [1.807, 2.05) is 0 Å². The molecule has 1 aromatic heterocycles. The average molecular weight is 515 g/mol. The molecule has 3 amide bonds. The lowest BCUT2D eigenvalue weighted by Gasteiger charge is -2.27. The van der Waals surface area contributed by atoms with Gasteiger partial charge in [-0.1, -0.05) is 18.2 Å². The molecule has 0 unspecified atom stereocenters. The van der Waals surface area contributed by atoms with Gasteiger partial charge in [0.05, 0.1) is 17.1 Å². The van der Waals surface area contributed by atoms with E-state index < -0.39 is 34.7 Å². The number of hydrogen-bond acceptors (Lipinski definition) is 5. The van der Waals surface area contributed by atoms with Gasteiger partial charge < -0.3 is 16.4 Å². The van der Waals surface area contributed by atoms with Crippen molar-refractivity contribution in [3.63, 3.8) is 0 Å². The monoisotopic (exact) mass is 515 g/mol. The third-order valence-electron chi connectivity index (χ3n) is 5.76. The molecular formula is C25H24F3N5O4. The first-order valence-corrected chi connectivity index (χ1v) is 10.9. The maximum absolute atomic E-state index is 14.7. The molecule has 0 spiro atoms. The van der Waals surface area contributed by atoms with Gasteiger partial charge in [-0.05, 0) is 43.7 Å². The number of pyridine rings is 1. The third kappa shape index (κ3) is 4.90. The van der Waals surface area contributed by atoms with E-state index in [9.17, 15) is 32.3 Å². The fourth-order valence-electron chi connectivity index (χ4n) is 3.78. The molecule has 0 aliphatic carbocycles. The average Bonchev–Trinajstić information content (AvgIpc) is 2.86. The fourth-order valence-corrected chi connectivity index (χ4v) is 3.78. The molecule has 0 bridgehead atoms. The van der Waals surface area contributed by atoms with Crippen molar-refractivity contribution in [1.29, 1.82) is 0 Å². The third-order valence-corrected chi connectivity index (χ3v) is 5.76. The number of aromatic nitrogens is 1. The molecule has 0 aliphatic rings. The molecule has 37 heavy (non-hydrogen) atoms. The van der Waals surface area contributed by atoms with Gasteiger partial charge >= 0.3 is 5.92 Å². The number of primary amides is 1. The van der Waals surface area contributed by atoms with Gasteiger partial charge in [-0.2, -0.15) is 8.78 Å². The Hall–Kier alpha value is -4.61. The Morgan fingerprint density at radius 3 is 2.38 bits per heavy atom. The summed E-state index contributed by atoms with van der Waals surface area (Å²) in [5.41, 5.74) is 3.47. The quantitative estimate of drug-likeness (QED) is 0.398. The van der Waals surface area contributed by atoms with Crippen molar-refractivity contribution in [3.8, 4) is 0 Å². The van der Waals surface area contributed by atoms with E-state index in [0.29, 0.717) is 5.56 Å². The molecule has 0 saturated heterocycles. The Kier molecular flexibility index (Phi) is 7.42. The van der Waals surface area contributed by atoms with Gasteiger partial charge in [0, 0.05) is 25.2 Å². The molecule has 194 valence electrons. The van der Waals surface area contributed by atoms with Crippen LogP contribution < -0.4 is 26.8 Å². The van der Waals surface area contributed by atoms with Crippen LogP contribution >= 0.6 is 0 Å². The molecule has 9 nitrogen and oxygen atoms in total. The first-order chi connectivity index (χ1) is 17.3. The van der Waals surface area contributed by atoms with Crippen LogP contribution in [0.5, 0.6) is 0 Å². The molecule has 3 rings (SSSR count). The standard InChI is InChI=1S/C25H24F3N5O4/c1-13-8-9-18(17(26)10-13)31-20-14(2)23(36)32(4)22(19(20)21(35)30-3)33(12-34)16-7-5-6-15(11-16)25(27,28)24(29)37/h5-12,31H,1-4H3,(H2,29,37)(H,30,35). The summed E-state index contributed by atoms with van der Waals surface area (Å²) in [4.78, 5) is 50.6. The molecule has 3 aromatic rings. The summed E-state index contributed by atoms with van der Waals surface area (Å²) >= 11 is 0. The van der Waals surface area contributed by atoms with E-state index in [0.717, 1.165) is 27.7 Å². The summed E-state index contributed by atoms with van der Waals surface area (Å²) in [6, 6.07) is 8.49. The van der Waals surface area contributed by atoms with Crippen LogP contribution in [0.4, 0.5) is 36.1 Å². The van der Waals surface area contributed by atoms with Gasteiger partial charge in [0.1, 0.15) is 17.2 Å². The molecule has 0 aliphatic heterocycles. The van der Waals surface area contributed by atoms with Gasteiger partial charge in [0.25, 0.3) is 17.4 Å². The summed E-state index contributed by atoms with van der Waals surface area (Å²) in [5, 5.41) is 5.18. The van der Waals surface area contributed by atoms with Crippen molar-refractivity contribution in [3.05, 3.63) is 80.9 Å². The minimum absolute atomic E-state index is 0.0321. The van der Waals surface area contributed by atoms with E-state index in [-0.39, 0.29) is 40.4 Å². The van der Waals surface area contributed by atoms with Crippen molar-refractivity contribution in [2.75, 3.05) is 17.3 Å². The number of amides is 3. The second-order valence-electron chi connectivity index (χ2n) is 8.21. The lowest BCUT2D eigenvalue weighted by molar-refractivity contribution is -0.143. The second-order valence-corrected chi connectivity index (χ2v) is 8.21. The van der Waals surface area contributed by atoms with Crippen molar-refractivity contribution in [1.82, 2.24) is 9.88 Å². The van der Waals surface area contributed by atoms with Crippen LogP contribution in [-0.4, -0.2) is 29.8 Å². The zero-order chi connectivity index (χ0) is 27.7. The Labute approximate surface area is 209 Å². The lowest BCUT2D eigenvalue weighted by Crippen LogP contribution is -2.34. The molecule has 0 atom stereocenters. The lowest BCUT2D eigenvalue weighted by atomic mass is 10.0. The van der Waals surface area contributed by atoms with E-state index >= 15 is 0 Å². The SMILES string of the molecule is CNC(=O)c1c(Nc2ccc(C)cc2F)c(C)c(=O)n(C)c1N(C=O)c1cccc(C(F)(F)C(N)=O)c1. The highest BCUT2D eigenvalue weighted by molar-refractivity contribution is 6.08. The van der Waals surface area contributed by atoms with Crippen LogP contribution in [0.15, 0.2) is 47.3 Å². The number of nitrogens with zero attached hydrogens (tertiary/aromatic N) is 2. The number of halogens is 3. The zero-order valence-electron chi connectivity index (χ0n) is 20.4. The number of aryl methyl sites for hydroxylation is 1. The molecule has 0 fully saturated rings. The highest BCUT2D eigenvalue weighted by Crippen LogP contribution is 2.36. The molecule has 0 saturated carbocycles. The maximum atomic E-state index is 14.7. The number of rotatable bonds is 8. The van der Waals surface area contributed by atoms with E-state index in [2.05, 4.69) is 10.6 Å². The summed E-state index contributed by atoms with van der Waals surface area (Å²) < 4.78 is 44.3. The smallest absolute Gasteiger partial charge is 0.349 e. The zero-order valence-corrected chi connectivity index (χ0v) is 20.4. The van der Waals surface area contributed by atoms with Crippen LogP contribution in [0.25, 0.3) is 0 Å². The van der Waals surface area contributed by atoms with Crippen LogP contribution in [-0.2, 0) is 22.6 Å². The highest BCUT2D eigenvalue weighted by atomic mass is 19.3. The number of carbonyl (C=O) groups excluding carboxylic acids is 3. The summed E-state index contributed by atoms with van der Waals surface area (Å²) in [5.74, 6) is -7.65. The maximum Gasteiger partial charge on any atom is 0.349 e. The minimum atomic E-state index is -4.05. The van der Waals surface area contributed by atoms with E-state index in [1.54, 1.807) is 13.0 Å². The molecule has 0 radical (unpaired) electrons. The van der Waals surface area contributed by atoms with Gasteiger partial charge in [0.15, 0.2) is 0 Å².